The minimum Gasteiger partial charge on any atom is -0.384 e. The molecular weight excluding hydrogens is 378 g/mol. The van der Waals surface area contributed by atoms with E-state index in [1.54, 1.807) is 23.5 Å². The Morgan fingerprint density at radius 1 is 1.26 bits per heavy atom. The lowest BCUT2D eigenvalue weighted by Gasteiger charge is -2.39. The molecule has 2 N–H and O–H groups in total. The highest BCUT2D eigenvalue weighted by Crippen LogP contribution is 2.48. The van der Waals surface area contributed by atoms with Crippen molar-refractivity contribution in [1.82, 2.24) is 0 Å². The third-order valence-corrected chi connectivity index (χ3v) is 6.50. The highest BCUT2D eigenvalue weighted by molar-refractivity contribution is 7.10. The first-order valence-corrected chi connectivity index (χ1v) is 10.0. The van der Waals surface area contributed by atoms with Gasteiger partial charge in [-0.2, -0.15) is 5.26 Å². The molecule has 1 aromatic carbocycles. The number of halogens is 1. The van der Waals surface area contributed by atoms with E-state index in [-0.39, 0.29) is 11.7 Å². The SMILES string of the molecule is Cc1ccsc1[C@H]1C(C#N)=C(N)N(c2ccc(Cl)cc2)C2=C1C(=O)CCC2. The van der Waals surface area contributed by atoms with Crippen molar-refractivity contribution >= 4 is 34.4 Å². The fourth-order valence-corrected chi connectivity index (χ4v) is 5.08. The van der Waals surface area contributed by atoms with Gasteiger partial charge >= 0.3 is 0 Å². The van der Waals surface area contributed by atoms with Gasteiger partial charge in [-0.3, -0.25) is 9.69 Å². The van der Waals surface area contributed by atoms with E-state index in [9.17, 15) is 10.1 Å². The standard InChI is InChI=1S/C21H18ClN3OS/c1-12-9-10-27-20(12)18-15(11-23)21(24)25(14-7-5-13(22)6-8-14)16-3-2-4-17(26)19(16)18/h5-10,18H,2-4,24H2,1H3/t18-/m0/s1. The Labute approximate surface area is 167 Å². The van der Waals surface area contributed by atoms with Crippen LogP contribution in [0, 0.1) is 18.3 Å². The number of nitrogens with two attached hydrogens (primary N) is 1. The zero-order chi connectivity index (χ0) is 19.1. The number of rotatable bonds is 2. The summed E-state index contributed by atoms with van der Waals surface area (Å²) in [7, 11) is 0. The Kier molecular flexibility index (Phi) is 4.55. The molecule has 0 fully saturated rings. The van der Waals surface area contributed by atoms with Crippen molar-refractivity contribution in [2.75, 3.05) is 4.90 Å². The van der Waals surface area contributed by atoms with E-state index in [1.807, 2.05) is 35.4 Å². The van der Waals surface area contributed by atoms with Gasteiger partial charge in [0.05, 0.1) is 17.6 Å². The van der Waals surface area contributed by atoms with E-state index < -0.39 is 0 Å². The van der Waals surface area contributed by atoms with Crippen LogP contribution in [-0.2, 0) is 4.79 Å². The quantitative estimate of drug-likeness (QED) is 0.775. The number of nitriles is 1. The topological polar surface area (TPSA) is 70.1 Å². The molecule has 2 heterocycles. The van der Waals surface area contributed by atoms with Gasteiger partial charge in [0.25, 0.3) is 0 Å². The van der Waals surface area contributed by atoms with Crippen LogP contribution in [0.3, 0.4) is 0 Å². The van der Waals surface area contributed by atoms with Crippen molar-refractivity contribution in [3.05, 3.63) is 73.8 Å². The average Bonchev–Trinajstić information content (AvgIpc) is 3.08. The van der Waals surface area contributed by atoms with E-state index in [2.05, 4.69) is 6.07 Å². The molecule has 27 heavy (non-hydrogen) atoms. The van der Waals surface area contributed by atoms with Crippen LogP contribution >= 0.6 is 22.9 Å². The fourth-order valence-electron chi connectivity index (χ4n) is 3.91. The molecule has 1 aliphatic heterocycles. The zero-order valence-corrected chi connectivity index (χ0v) is 16.4. The number of hydrogen-bond donors (Lipinski definition) is 1. The maximum Gasteiger partial charge on any atom is 0.161 e. The number of ketones is 1. The van der Waals surface area contributed by atoms with Crippen LogP contribution < -0.4 is 10.6 Å². The minimum absolute atomic E-state index is 0.105. The second-order valence-electron chi connectivity index (χ2n) is 6.76. The predicted molar refractivity (Wildman–Crippen MR) is 108 cm³/mol. The molecule has 2 aliphatic rings. The van der Waals surface area contributed by atoms with Gasteiger partial charge in [-0.05, 0) is 61.0 Å². The summed E-state index contributed by atoms with van der Waals surface area (Å²) in [5, 5.41) is 12.6. The molecule has 0 unspecified atom stereocenters. The molecule has 6 heteroatoms. The van der Waals surface area contributed by atoms with Crippen molar-refractivity contribution in [3.63, 3.8) is 0 Å². The summed E-state index contributed by atoms with van der Waals surface area (Å²) in [4.78, 5) is 15.9. The molecule has 0 saturated carbocycles. The van der Waals surface area contributed by atoms with Gasteiger partial charge in [-0.25, -0.2) is 0 Å². The van der Waals surface area contributed by atoms with Crippen LogP contribution in [0.25, 0.3) is 0 Å². The molecule has 136 valence electrons. The lowest BCUT2D eigenvalue weighted by atomic mass is 9.77. The third-order valence-electron chi connectivity index (χ3n) is 5.16. The van der Waals surface area contributed by atoms with E-state index in [1.165, 1.54) is 0 Å². The highest BCUT2D eigenvalue weighted by Gasteiger charge is 2.41. The number of nitrogens with zero attached hydrogens (tertiary/aromatic N) is 2. The largest absolute Gasteiger partial charge is 0.384 e. The maximum absolute atomic E-state index is 13.0. The molecule has 0 radical (unpaired) electrons. The van der Waals surface area contributed by atoms with Crippen molar-refractivity contribution < 1.29 is 4.79 Å². The lowest BCUT2D eigenvalue weighted by Crippen LogP contribution is -2.38. The summed E-state index contributed by atoms with van der Waals surface area (Å²) in [6.45, 7) is 2.01. The Balaban J connectivity index is 1.97. The number of anilines is 1. The first kappa shape index (κ1) is 17.8. The van der Waals surface area contributed by atoms with Crippen LogP contribution in [0.1, 0.15) is 35.6 Å². The molecule has 0 bridgehead atoms. The predicted octanol–water partition coefficient (Wildman–Crippen LogP) is 5.01. The molecule has 1 atom stereocenters. The number of carbonyl (C=O) groups excluding carboxylic acids is 1. The normalized spacial score (nSPS) is 20.0. The molecule has 2 aromatic rings. The Morgan fingerprint density at radius 2 is 2.00 bits per heavy atom. The van der Waals surface area contributed by atoms with Gasteiger partial charge in [-0.15, -0.1) is 11.3 Å². The average molecular weight is 396 g/mol. The molecule has 1 aliphatic carbocycles. The van der Waals surface area contributed by atoms with Crippen LogP contribution in [-0.4, -0.2) is 5.78 Å². The Morgan fingerprint density at radius 3 is 2.63 bits per heavy atom. The van der Waals surface area contributed by atoms with Crippen molar-refractivity contribution in [3.8, 4) is 6.07 Å². The van der Waals surface area contributed by atoms with E-state index in [0.717, 1.165) is 34.7 Å². The number of carbonyl (C=O) groups is 1. The van der Waals surface area contributed by atoms with Crippen molar-refractivity contribution in [2.45, 2.75) is 32.1 Å². The molecular formula is C21H18ClN3OS. The van der Waals surface area contributed by atoms with Gasteiger partial charge in [0.1, 0.15) is 5.82 Å². The number of aryl methyl sites for hydroxylation is 1. The van der Waals surface area contributed by atoms with Gasteiger partial charge in [0, 0.05) is 33.3 Å². The lowest BCUT2D eigenvalue weighted by molar-refractivity contribution is -0.116. The van der Waals surface area contributed by atoms with E-state index in [4.69, 9.17) is 17.3 Å². The number of Topliss-reactive ketones (excluding diaryl/α,β-unsaturated/α-hetero) is 1. The molecule has 0 spiro atoms. The summed E-state index contributed by atoms with van der Waals surface area (Å²) in [5.74, 6) is 0.126. The summed E-state index contributed by atoms with van der Waals surface area (Å²) >= 11 is 7.60. The monoisotopic (exact) mass is 395 g/mol. The van der Waals surface area contributed by atoms with Crippen LogP contribution in [0.2, 0.25) is 5.02 Å². The fraction of sp³-hybridized carbons (Fsp3) is 0.238. The van der Waals surface area contributed by atoms with Crippen LogP contribution in [0.4, 0.5) is 5.69 Å². The molecule has 1 aromatic heterocycles. The number of thiophene rings is 1. The first-order chi connectivity index (χ1) is 13.0. The number of allylic oxidation sites excluding steroid dienone is 3. The highest BCUT2D eigenvalue weighted by atomic mass is 35.5. The second-order valence-corrected chi connectivity index (χ2v) is 8.14. The minimum atomic E-state index is -0.374. The molecule has 4 nitrogen and oxygen atoms in total. The summed E-state index contributed by atoms with van der Waals surface area (Å²) in [6.07, 6.45) is 2.05. The number of benzene rings is 1. The van der Waals surface area contributed by atoms with Crippen LogP contribution in [0.15, 0.2) is 58.4 Å². The third kappa shape index (κ3) is 2.86. The summed E-state index contributed by atoms with van der Waals surface area (Å²) in [5.41, 5.74) is 10.5. The first-order valence-electron chi connectivity index (χ1n) is 8.78. The van der Waals surface area contributed by atoms with Crippen LogP contribution in [0.5, 0.6) is 0 Å². The summed E-state index contributed by atoms with van der Waals surface area (Å²) in [6, 6.07) is 11.6. The van der Waals surface area contributed by atoms with E-state index in [0.29, 0.717) is 28.4 Å². The second kappa shape index (κ2) is 6.88. The zero-order valence-electron chi connectivity index (χ0n) is 14.8. The smallest absolute Gasteiger partial charge is 0.161 e. The maximum atomic E-state index is 13.0. The van der Waals surface area contributed by atoms with Gasteiger partial charge in [0.2, 0.25) is 0 Å². The van der Waals surface area contributed by atoms with Gasteiger partial charge in [-0.1, -0.05) is 11.6 Å². The summed E-state index contributed by atoms with van der Waals surface area (Å²) < 4.78 is 0. The Bertz CT molecular complexity index is 1030. The van der Waals surface area contributed by atoms with Gasteiger partial charge < -0.3 is 5.73 Å². The molecule has 0 saturated heterocycles. The molecule has 4 rings (SSSR count). The molecule has 0 amide bonds. The number of hydrogen-bond acceptors (Lipinski definition) is 5. The van der Waals surface area contributed by atoms with E-state index >= 15 is 0 Å². The van der Waals surface area contributed by atoms with Crippen molar-refractivity contribution in [1.29, 1.82) is 5.26 Å². The van der Waals surface area contributed by atoms with Crippen molar-refractivity contribution in [2.24, 2.45) is 5.73 Å². The van der Waals surface area contributed by atoms with Gasteiger partial charge in [0.15, 0.2) is 5.78 Å². The Hall–Kier alpha value is -2.55.